The molecule has 1 rings (SSSR count). The lowest BCUT2D eigenvalue weighted by atomic mass is 10.2. The van der Waals surface area contributed by atoms with Crippen LogP contribution >= 0.6 is 15.9 Å². The molecule has 102 valence electrons. The Morgan fingerprint density at radius 1 is 1.17 bits per heavy atom. The zero-order valence-corrected chi connectivity index (χ0v) is 13.2. The number of benzene rings is 1. The molecule has 0 amide bonds. The molecular formula is C15H25BrN2. The van der Waals surface area contributed by atoms with Gasteiger partial charge in [-0.15, -0.1) is 0 Å². The quantitative estimate of drug-likeness (QED) is 0.700. The van der Waals surface area contributed by atoms with Gasteiger partial charge in [0.2, 0.25) is 0 Å². The molecule has 0 saturated carbocycles. The molecule has 0 heterocycles. The molecular weight excluding hydrogens is 288 g/mol. The van der Waals surface area contributed by atoms with Crippen LogP contribution in [0.4, 0.5) is 0 Å². The predicted molar refractivity (Wildman–Crippen MR) is 82.9 cm³/mol. The lowest BCUT2D eigenvalue weighted by Crippen LogP contribution is -2.21. The van der Waals surface area contributed by atoms with E-state index in [0.717, 1.165) is 26.2 Å². The maximum absolute atomic E-state index is 3.60. The van der Waals surface area contributed by atoms with Crippen molar-refractivity contribution in [2.24, 2.45) is 0 Å². The molecule has 1 aromatic rings. The Morgan fingerprint density at radius 3 is 2.67 bits per heavy atom. The zero-order valence-electron chi connectivity index (χ0n) is 11.6. The van der Waals surface area contributed by atoms with Gasteiger partial charge in [0.25, 0.3) is 0 Å². The number of nitrogens with zero attached hydrogens (tertiary/aromatic N) is 1. The van der Waals surface area contributed by atoms with Gasteiger partial charge in [-0.2, -0.15) is 0 Å². The molecule has 0 unspecified atom stereocenters. The van der Waals surface area contributed by atoms with Gasteiger partial charge in [0.1, 0.15) is 0 Å². The largest absolute Gasteiger partial charge is 0.317 e. The molecule has 0 aromatic heterocycles. The molecule has 0 aliphatic carbocycles. The molecule has 0 aliphatic heterocycles. The average molecular weight is 313 g/mol. The van der Waals surface area contributed by atoms with Gasteiger partial charge in [-0.25, -0.2) is 0 Å². The van der Waals surface area contributed by atoms with E-state index in [1.807, 2.05) is 0 Å². The van der Waals surface area contributed by atoms with Gasteiger partial charge in [-0.3, -0.25) is 0 Å². The molecule has 0 aliphatic rings. The molecule has 18 heavy (non-hydrogen) atoms. The van der Waals surface area contributed by atoms with Crippen molar-refractivity contribution < 1.29 is 0 Å². The van der Waals surface area contributed by atoms with Crippen LogP contribution in [0.1, 0.15) is 31.7 Å². The number of hydrogen-bond acceptors (Lipinski definition) is 2. The van der Waals surface area contributed by atoms with Crippen molar-refractivity contribution in [1.29, 1.82) is 0 Å². The smallest absolute Gasteiger partial charge is 0.0241 e. The monoisotopic (exact) mass is 312 g/mol. The first-order valence-electron chi connectivity index (χ1n) is 6.86. The number of halogens is 1. The fourth-order valence-corrected chi connectivity index (χ4v) is 2.34. The lowest BCUT2D eigenvalue weighted by Gasteiger charge is -2.17. The van der Waals surface area contributed by atoms with Crippen LogP contribution in [0.3, 0.4) is 0 Å². The molecule has 0 fully saturated rings. The minimum absolute atomic E-state index is 1.02. The third kappa shape index (κ3) is 6.53. The summed E-state index contributed by atoms with van der Waals surface area (Å²) in [5.74, 6) is 0. The molecule has 0 spiro atoms. The summed E-state index contributed by atoms with van der Waals surface area (Å²) in [6.45, 7) is 6.68. The fraction of sp³-hybridized carbons (Fsp3) is 0.600. The van der Waals surface area contributed by atoms with Gasteiger partial charge in [0.05, 0.1) is 0 Å². The first-order chi connectivity index (χ1) is 8.74. The Balaban J connectivity index is 2.14. The van der Waals surface area contributed by atoms with Crippen LogP contribution in [0.25, 0.3) is 0 Å². The van der Waals surface area contributed by atoms with Gasteiger partial charge in [0.15, 0.2) is 0 Å². The molecule has 1 N–H and O–H groups in total. The summed E-state index contributed by atoms with van der Waals surface area (Å²) in [5, 5.41) is 3.44. The maximum Gasteiger partial charge on any atom is 0.0241 e. The molecule has 0 bridgehead atoms. The second-order valence-electron chi connectivity index (χ2n) is 4.79. The minimum Gasteiger partial charge on any atom is -0.317 e. The van der Waals surface area contributed by atoms with E-state index in [-0.39, 0.29) is 0 Å². The second-order valence-corrected chi connectivity index (χ2v) is 5.64. The predicted octanol–water partition coefficient (Wildman–Crippen LogP) is 3.66. The summed E-state index contributed by atoms with van der Waals surface area (Å²) in [4.78, 5) is 2.39. The third-order valence-corrected chi connectivity index (χ3v) is 3.74. The molecule has 2 nitrogen and oxygen atoms in total. The Labute approximate surface area is 120 Å². The van der Waals surface area contributed by atoms with Crippen LogP contribution in [0.5, 0.6) is 0 Å². The Morgan fingerprint density at radius 2 is 1.94 bits per heavy atom. The van der Waals surface area contributed by atoms with Gasteiger partial charge >= 0.3 is 0 Å². The third-order valence-electron chi connectivity index (χ3n) is 2.97. The maximum atomic E-state index is 3.60. The lowest BCUT2D eigenvalue weighted by molar-refractivity contribution is 0.317. The van der Waals surface area contributed by atoms with E-state index >= 15 is 0 Å². The Bertz CT molecular complexity index is 328. The summed E-state index contributed by atoms with van der Waals surface area (Å²) in [7, 11) is 2.19. The van der Waals surface area contributed by atoms with Crippen molar-refractivity contribution in [2.45, 2.75) is 32.7 Å². The van der Waals surface area contributed by atoms with E-state index in [1.165, 1.54) is 29.3 Å². The highest BCUT2D eigenvalue weighted by molar-refractivity contribution is 9.10. The standard InChI is InChI=1S/C15H25BrN2/c1-3-10-17-11-6-7-12-18(2)13-14-8-4-5-9-15(14)16/h4-5,8-9,17H,3,6-7,10-13H2,1-2H3. The van der Waals surface area contributed by atoms with Crippen molar-refractivity contribution in [3.8, 4) is 0 Å². The first kappa shape index (κ1) is 15.7. The molecule has 1 aromatic carbocycles. The molecule has 0 radical (unpaired) electrons. The average Bonchev–Trinajstić information content (AvgIpc) is 2.36. The zero-order chi connectivity index (χ0) is 13.2. The van der Waals surface area contributed by atoms with Crippen molar-refractivity contribution in [2.75, 3.05) is 26.7 Å². The van der Waals surface area contributed by atoms with Crippen molar-refractivity contribution in [3.63, 3.8) is 0 Å². The summed E-state index contributed by atoms with van der Waals surface area (Å²) in [6, 6.07) is 8.46. The van der Waals surface area contributed by atoms with Crippen LogP contribution in [-0.4, -0.2) is 31.6 Å². The number of nitrogens with one attached hydrogen (secondary N) is 1. The fourth-order valence-electron chi connectivity index (χ4n) is 1.93. The normalized spacial score (nSPS) is 11.1. The van der Waals surface area contributed by atoms with E-state index in [0.29, 0.717) is 0 Å². The molecule has 0 saturated heterocycles. The summed E-state index contributed by atoms with van der Waals surface area (Å²) >= 11 is 3.60. The van der Waals surface area contributed by atoms with Crippen LogP contribution < -0.4 is 5.32 Å². The Kier molecular flexibility index (Phi) is 8.31. The second kappa shape index (κ2) is 9.54. The Hall–Kier alpha value is -0.380. The molecule has 3 heteroatoms. The van der Waals surface area contributed by atoms with Gasteiger partial charge < -0.3 is 10.2 Å². The SMILES string of the molecule is CCCNCCCCN(C)Cc1ccccc1Br. The summed E-state index contributed by atoms with van der Waals surface area (Å²) in [6.07, 6.45) is 3.75. The van der Waals surface area contributed by atoms with Crippen LogP contribution in [-0.2, 0) is 6.54 Å². The summed E-state index contributed by atoms with van der Waals surface area (Å²) in [5.41, 5.74) is 1.36. The number of hydrogen-bond donors (Lipinski definition) is 1. The number of unbranched alkanes of at least 4 members (excludes halogenated alkanes) is 1. The van der Waals surface area contributed by atoms with Crippen LogP contribution in [0.15, 0.2) is 28.7 Å². The van der Waals surface area contributed by atoms with E-state index in [1.54, 1.807) is 0 Å². The van der Waals surface area contributed by atoms with Crippen LogP contribution in [0, 0.1) is 0 Å². The van der Waals surface area contributed by atoms with Crippen molar-refractivity contribution in [3.05, 3.63) is 34.3 Å². The van der Waals surface area contributed by atoms with E-state index < -0.39 is 0 Å². The van der Waals surface area contributed by atoms with Crippen LogP contribution in [0.2, 0.25) is 0 Å². The highest BCUT2D eigenvalue weighted by Crippen LogP contribution is 2.17. The summed E-state index contributed by atoms with van der Waals surface area (Å²) < 4.78 is 1.21. The van der Waals surface area contributed by atoms with E-state index in [2.05, 4.69) is 64.4 Å². The van der Waals surface area contributed by atoms with Crippen molar-refractivity contribution in [1.82, 2.24) is 10.2 Å². The minimum atomic E-state index is 1.02. The first-order valence-corrected chi connectivity index (χ1v) is 7.66. The highest BCUT2D eigenvalue weighted by Gasteiger charge is 2.03. The highest BCUT2D eigenvalue weighted by atomic mass is 79.9. The topological polar surface area (TPSA) is 15.3 Å². The van der Waals surface area contributed by atoms with E-state index in [4.69, 9.17) is 0 Å². The molecule has 0 atom stereocenters. The van der Waals surface area contributed by atoms with Gasteiger partial charge in [-0.05, 0) is 57.6 Å². The number of rotatable bonds is 9. The van der Waals surface area contributed by atoms with Gasteiger partial charge in [0, 0.05) is 11.0 Å². The van der Waals surface area contributed by atoms with Gasteiger partial charge in [-0.1, -0.05) is 41.1 Å². The van der Waals surface area contributed by atoms with Crippen molar-refractivity contribution >= 4 is 15.9 Å². The van der Waals surface area contributed by atoms with E-state index in [9.17, 15) is 0 Å².